The molecule has 0 atom stereocenters. The van der Waals surface area contributed by atoms with Crippen molar-refractivity contribution in [2.24, 2.45) is 4.99 Å². The van der Waals surface area contributed by atoms with E-state index in [2.05, 4.69) is 15.6 Å². The number of methoxy groups -OCH3 is 1. The zero-order chi connectivity index (χ0) is 21.8. The normalized spacial score (nSPS) is 11.5. The Labute approximate surface area is 197 Å². The van der Waals surface area contributed by atoms with Crippen LogP contribution in [0.1, 0.15) is 11.1 Å². The molecular weight excluding hydrogens is 526 g/mol. The molecule has 172 valence electrons. The van der Waals surface area contributed by atoms with Crippen LogP contribution >= 0.6 is 24.0 Å². The van der Waals surface area contributed by atoms with Gasteiger partial charge in [-0.2, -0.15) is 13.2 Å². The first-order valence-corrected chi connectivity index (χ1v) is 9.33. The topological polar surface area (TPSA) is 64.1 Å². The maximum Gasteiger partial charge on any atom is 0.422 e. The molecule has 0 radical (unpaired) electrons. The summed E-state index contributed by atoms with van der Waals surface area (Å²) in [5, 5.41) is 6.37. The van der Waals surface area contributed by atoms with Gasteiger partial charge in [0.15, 0.2) is 12.6 Å². The lowest BCUT2D eigenvalue weighted by Crippen LogP contribution is -2.36. The molecule has 2 rings (SSSR count). The third kappa shape index (κ3) is 11.1. The Morgan fingerprint density at radius 1 is 0.903 bits per heavy atom. The van der Waals surface area contributed by atoms with Crippen LogP contribution in [-0.4, -0.2) is 46.1 Å². The summed E-state index contributed by atoms with van der Waals surface area (Å²) in [4.78, 5) is 4.17. The Bertz CT molecular complexity index is 802. The minimum absolute atomic E-state index is 0. The van der Waals surface area contributed by atoms with Gasteiger partial charge in [0.05, 0.1) is 6.61 Å². The molecule has 2 N–H and O–H groups in total. The molecule has 0 aromatic heterocycles. The van der Waals surface area contributed by atoms with Gasteiger partial charge in [-0.15, -0.1) is 24.0 Å². The highest BCUT2D eigenvalue weighted by Gasteiger charge is 2.28. The smallest absolute Gasteiger partial charge is 0.422 e. The summed E-state index contributed by atoms with van der Waals surface area (Å²) in [6, 6.07) is 14.1. The van der Waals surface area contributed by atoms with Crippen LogP contribution < -0.4 is 20.1 Å². The minimum atomic E-state index is -4.35. The molecule has 0 saturated heterocycles. The summed E-state index contributed by atoms with van der Waals surface area (Å²) in [6.45, 7) is 0.704. The molecule has 2 aromatic rings. The zero-order valence-electron chi connectivity index (χ0n) is 17.4. The van der Waals surface area contributed by atoms with E-state index in [4.69, 9.17) is 14.2 Å². The summed E-state index contributed by atoms with van der Waals surface area (Å²) < 4.78 is 51.8. The first-order valence-electron chi connectivity index (χ1n) is 9.33. The predicted molar refractivity (Wildman–Crippen MR) is 124 cm³/mol. The molecular formula is C21H27F3IN3O3. The Morgan fingerprint density at radius 3 is 2.19 bits per heavy atom. The summed E-state index contributed by atoms with van der Waals surface area (Å²) in [5.74, 6) is 1.53. The number of guanidine groups is 1. The average Bonchev–Trinajstić information content (AvgIpc) is 2.73. The zero-order valence-corrected chi connectivity index (χ0v) is 19.7. The van der Waals surface area contributed by atoms with Crippen LogP contribution in [-0.2, 0) is 17.8 Å². The van der Waals surface area contributed by atoms with Crippen molar-refractivity contribution in [3.63, 3.8) is 0 Å². The molecule has 31 heavy (non-hydrogen) atoms. The Kier molecular flexibility index (Phi) is 12.1. The maximum atomic E-state index is 12.2. The van der Waals surface area contributed by atoms with Gasteiger partial charge in [0.25, 0.3) is 0 Å². The van der Waals surface area contributed by atoms with Crippen LogP contribution in [0.15, 0.2) is 53.5 Å². The molecule has 6 nitrogen and oxygen atoms in total. The third-order valence-electron chi connectivity index (χ3n) is 3.92. The number of benzene rings is 2. The number of hydrogen-bond acceptors (Lipinski definition) is 4. The number of nitrogens with zero attached hydrogens (tertiary/aromatic N) is 1. The van der Waals surface area contributed by atoms with Crippen molar-refractivity contribution in [3.8, 4) is 11.5 Å². The molecule has 0 aliphatic carbocycles. The number of alkyl halides is 3. The van der Waals surface area contributed by atoms with E-state index in [0.717, 1.165) is 16.9 Å². The van der Waals surface area contributed by atoms with Gasteiger partial charge in [-0.1, -0.05) is 24.3 Å². The Hall–Kier alpha value is -2.21. The van der Waals surface area contributed by atoms with Crippen LogP contribution in [0.3, 0.4) is 0 Å². The molecule has 0 aliphatic rings. The fourth-order valence-corrected chi connectivity index (χ4v) is 2.45. The summed E-state index contributed by atoms with van der Waals surface area (Å²) in [6.07, 6.45) is -4.35. The first kappa shape index (κ1) is 26.8. The Morgan fingerprint density at radius 2 is 1.58 bits per heavy atom. The highest BCUT2D eigenvalue weighted by Crippen LogP contribution is 2.19. The molecule has 0 amide bonds. The van der Waals surface area contributed by atoms with Crippen molar-refractivity contribution in [2.75, 3.05) is 34.0 Å². The van der Waals surface area contributed by atoms with E-state index in [1.807, 2.05) is 24.3 Å². The van der Waals surface area contributed by atoms with E-state index < -0.39 is 12.8 Å². The van der Waals surface area contributed by atoms with Crippen LogP contribution in [0.5, 0.6) is 11.5 Å². The second-order valence-electron chi connectivity index (χ2n) is 6.32. The molecule has 0 bridgehead atoms. The quantitative estimate of drug-likeness (QED) is 0.201. The summed E-state index contributed by atoms with van der Waals surface area (Å²) in [7, 11) is 3.28. The van der Waals surface area contributed by atoms with Gasteiger partial charge < -0.3 is 24.8 Å². The molecule has 0 spiro atoms. The van der Waals surface area contributed by atoms with E-state index in [1.165, 1.54) is 12.1 Å². The van der Waals surface area contributed by atoms with Crippen molar-refractivity contribution in [1.82, 2.24) is 10.6 Å². The van der Waals surface area contributed by atoms with E-state index in [0.29, 0.717) is 32.3 Å². The highest BCUT2D eigenvalue weighted by molar-refractivity contribution is 14.0. The van der Waals surface area contributed by atoms with Crippen LogP contribution in [0.2, 0.25) is 0 Å². The number of nitrogens with one attached hydrogen (secondary N) is 2. The van der Waals surface area contributed by atoms with Crippen LogP contribution in [0, 0.1) is 0 Å². The summed E-state index contributed by atoms with van der Waals surface area (Å²) >= 11 is 0. The van der Waals surface area contributed by atoms with Crippen molar-refractivity contribution < 1.29 is 27.4 Å². The molecule has 10 heteroatoms. The van der Waals surface area contributed by atoms with E-state index in [-0.39, 0.29) is 29.7 Å². The Balaban J connectivity index is 0.00000480. The van der Waals surface area contributed by atoms with Crippen molar-refractivity contribution in [2.45, 2.75) is 19.3 Å². The second-order valence-corrected chi connectivity index (χ2v) is 6.32. The van der Waals surface area contributed by atoms with Gasteiger partial charge in [-0.3, -0.25) is 4.99 Å². The standard InChI is InChI=1S/C21H26F3N3O3.HI/c1-25-20(27-14-17-4-3-5-19(12-17)29-11-10-28-2)26-13-16-6-8-18(9-7-16)30-15-21(22,23)24;/h3-9,12H,10-11,13-15H2,1-2H3,(H2,25,26,27);1H. The van der Waals surface area contributed by atoms with Gasteiger partial charge in [0.2, 0.25) is 0 Å². The second kappa shape index (κ2) is 14.0. The van der Waals surface area contributed by atoms with Gasteiger partial charge in [-0.05, 0) is 35.4 Å². The summed E-state index contributed by atoms with van der Waals surface area (Å²) in [5.41, 5.74) is 1.91. The van der Waals surface area contributed by atoms with Crippen molar-refractivity contribution >= 4 is 29.9 Å². The lowest BCUT2D eigenvalue weighted by Gasteiger charge is -2.13. The van der Waals surface area contributed by atoms with Gasteiger partial charge in [-0.25, -0.2) is 0 Å². The fraction of sp³-hybridized carbons (Fsp3) is 0.381. The molecule has 2 aromatic carbocycles. The average molecular weight is 553 g/mol. The van der Waals surface area contributed by atoms with Crippen molar-refractivity contribution in [1.29, 1.82) is 0 Å². The van der Waals surface area contributed by atoms with E-state index in [1.54, 1.807) is 26.3 Å². The minimum Gasteiger partial charge on any atom is -0.491 e. The monoisotopic (exact) mass is 553 g/mol. The molecule has 0 unspecified atom stereocenters. The SMILES string of the molecule is CN=C(NCc1ccc(OCC(F)(F)F)cc1)NCc1cccc(OCCOC)c1.I. The van der Waals surface area contributed by atoms with Gasteiger partial charge >= 0.3 is 6.18 Å². The number of halogens is 4. The first-order chi connectivity index (χ1) is 14.4. The van der Waals surface area contributed by atoms with E-state index in [9.17, 15) is 13.2 Å². The largest absolute Gasteiger partial charge is 0.491 e. The van der Waals surface area contributed by atoms with Crippen molar-refractivity contribution in [3.05, 3.63) is 59.7 Å². The van der Waals surface area contributed by atoms with Gasteiger partial charge in [0, 0.05) is 27.2 Å². The fourth-order valence-electron chi connectivity index (χ4n) is 2.45. The number of ether oxygens (including phenoxy) is 3. The highest BCUT2D eigenvalue weighted by atomic mass is 127. The van der Waals surface area contributed by atoms with E-state index >= 15 is 0 Å². The predicted octanol–water partition coefficient (Wildman–Crippen LogP) is 4.14. The van der Waals surface area contributed by atoms with Crippen LogP contribution in [0.4, 0.5) is 13.2 Å². The molecule has 0 saturated carbocycles. The number of aliphatic imine (C=N–C) groups is 1. The van der Waals surface area contributed by atoms with Gasteiger partial charge in [0.1, 0.15) is 18.1 Å². The molecule has 0 fully saturated rings. The number of rotatable bonds is 10. The number of hydrogen-bond donors (Lipinski definition) is 2. The molecule has 0 aliphatic heterocycles. The molecule has 0 heterocycles. The maximum absolute atomic E-state index is 12.2. The lowest BCUT2D eigenvalue weighted by atomic mass is 10.2. The lowest BCUT2D eigenvalue weighted by molar-refractivity contribution is -0.153. The third-order valence-corrected chi connectivity index (χ3v) is 3.92. The van der Waals surface area contributed by atoms with Crippen LogP contribution in [0.25, 0.3) is 0 Å².